The van der Waals surface area contributed by atoms with Gasteiger partial charge in [-0.25, -0.2) is 13.8 Å². The van der Waals surface area contributed by atoms with Crippen molar-refractivity contribution in [3.8, 4) is 10.6 Å². The Hall–Kier alpha value is -2.75. The van der Waals surface area contributed by atoms with Crippen LogP contribution in [0.5, 0.6) is 0 Å². The molecule has 0 spiro atoms. The van der Waals surface area contributed by atoms with Gasteiger partial charge in [0.15, 0.2) is 0 Å². The third-order valence-electron chi connectivity index (χ3n) is 4.62. The molecular weight excluding hydrogens is 400 g/mol. The maximum Gasteiger partial charge on any atom is 0.275 e. The van der Waals surface area contributed by atoms with Gasteiger partial charge in [-0.3, -0.25) is 9.78 Å². The van der Waals surface area contributed by atoms with Crippen LogP contribution in [0, 0.1) is 11.6 Å². The van der Waals surface area contributed by atoms with Gasteiger partial charge < -0.3 is 15.2 Å². The van der Waals surface area contributed by atoms with Crippen LogP contribution in [0.1, 0.15) is 35.0 Å². The molecule has 0 radical (unpaired) electrons. The van der Waals surface area contributed by atoms with Crippen LogP contribution >= 0.6 is 11.3 Å². The minimum Gasteiger partial charge on any atom is -0.393 e. The summed E-state index contributed by atoms with van der Waals surface area (Å²) in [4.78, 5) is 20.8. The predicted octanol–water partition coefficient (Wildman–Crippen LogP) is 3.95. The molecule has 0 aliphatic carbocycles. The topological polar surface area (TPSA) is 84.3 Å². The Balaban J connectivity index is 1.56. The first-order valence-electron chi connectivity index (χ1n) is 8.97. The predicted molar refractivity (Wildman–Crippen MR) is 104 cm³/mol. The van der Waals surface area contributed by atoms with Gasteiger partial charge in [0.1, 0.15) is 22.3 Å². The fraction of sp³-hybridized carbons (Fsp3) is 0.250. The first-order chi connectivity index (χ1) is 14.0. The normalized spacial score (nSPS) is 19.1. The molecule has 0 bridgehead atoms. The van der Waals surface area contributed by atoms with Crippen molar-refractivity contribution in [2.45, 2.75) is 25.0 Å². The summed E-state index contributed by atoms with van der Waals surface area (Å²) in [6.07, 6.45) is 3.22. The van der Waals surface area contributed by atoms with Crippen LogP contribution in [0.25, 0.3) is 10.6 Å². The van der Waals surface area contributed by atoms with Crippen molar-refractivity contribution in [1.29, 1.82) is 0 Å². The van der Waals surface area contributed by atoms with Gasteiger partial charge in [0, 0.05) is 30.2 Å². The van der Waals surface area contributed by atoms with Crippen LogP contribution < -0.4 is 5.32 Å². The van der Waals surface area contributed by atoms with Gasteiger partial charge in [-0.05, 0) is 24.6 Å². The Bertz CT molecular complexity index is 1020. The highest BCUT2D eigenvalue weighted by molar-refractivity contribution is 7.13. The van der Waals surface area contributed by atoms with Crippen molar-refractivity contribution in [3.05, 3.63) is 64.9 Å². The van der Waals surface area contributed by atoms with Crippen LogP contribution in [0.3, 0.4) is 0 Å². The highest BCUT2D eigenvalue weighted by Gasteiger charge is 2.25. The molecule has 3 heterocycles. The average Bonchev–Trinajstić information content (AvgIpc) is 3.18. The standard InChI is InChI=1S/C20H17F2N3O3S/c21-13-2-1-3-14(22)18(13)20-25-16(10-29-20)19(27)24-15-9-23-6-4-12(15)17-8-11(26)5-7-28-17/h1-4,6,9-11,17,26H,5,7-8H2,(H,24,27). The SMILES string of the molecule is O=C(Nc1cnccc1C1CC(O)CCO1)c1csc(-c2c(F)cccc2F)n1. The largest absolute Gasteiger partial charge is 0.393 e. The zero-order chi connectivity index (χ0) is 20.4. The number of aliphatic hydroxyl groups excluding tert-OH is 1. The van der Waals surface area contributed by atoms with Crippen LogP contribution in [0.4, 0.5) is 14.5 Å². The first kappa shape index (κ1) is 19.6. The quantitative estimate of drug-likeness (QED) is 0.672. The maximum absolute atomic E-state index is 14.0. The van der Waals surface area contributed by atoms with Crippen LogP contribution in [0.15, 0.2) is 42.0 Å². The molecule has 2 N–H and O–H groups in total. The zero-order valence-corrected chi connectivity index (χ0v) is 16.0. The summed E-state index contributed by atoms with van der Waals surface area (Å²) >= 11 is 0.977. The lowest BCUT2D eigenvalue weighted by atomic mass is 9.99. The first-order valence-corrected chi connectivity index (χ1v) is 9.85. The number of nitrogens with one attached hydrogen (secondary N) is 1. The highest BCUT2D eigenvalue weighted by Crippen LogP contribution is 2.33. The van der Waals surface area contributed by atoms with Gasteiger partial charge in [-0.1, -0.05) is 6.07 Å². The van der Waals surface area contributed by atoms with E-state index < -0.39 is 23.6 Å². The number of nitrogens with zero attached hydrogens (tertiary/aromatic N) is 2. The number of aliphatic hydroxyl groups is 1. The molecule has 2 unspecified atom stereocenters. The number of hydrogen-bond donors (Lipinski definition) is 2. The van der Waals surface area contributed by atoms with Crippen molar-refractivity contribution in [1.82, 2.24) is 9.97 Å². The Morgan fingerprint density at radius 3 is 2.83 bits per heavy atom. The van der Waals surface area contributed by atoms with E-state index in [0.717, 1.165) is 23.5 Å². The molecule has 1 saturated heterocycles. The van der Waals surface area contributed by atoms with E-state index in [9.17, 15) is 18.7 Å². The minimum absolute atomic E-state index is 0.0343. The second kappa shape index (κ2) is 8.32. The number of carbonyl (C=O) groups excluding carboxylic acids is 1. The molecule has 1 aliphatic heterocycles. The number of carbonyl (C=O) groups is 1. The van der Waals surface area contributed by atoms with E-state index >= 15 is 0 Å². The van der Waals surface area contributed by atoms with E-state index in [4.69, 9.17) is 4.74 Å². The summed E-state index contributed by atoms with van der Waals surface area (Å²) in [6, 6.07) is 5.27. The number of aromatic nitrogens is 2. The second-order valence-corrected chi connectivity index (χ2v) is 7.45. The zero-order valence-electron chi connectivity index (χ0n) is 15.1. The Morgan fingerprint density at radius 1 is 1.28 bits per heavy atom. The van der Waals surface area contributed by atoms with Gasteiger partial charge >= 0.3 is 0 Å². The summed E-state index contributed by atoms with van der Waals surface area (Å²) in [5, 5.41) is 14.1. The number of benzene rings is 1. The number of hydrogen-bond acceptors (Lipinski definition) is 6. The number of ether oxygens (including phenoxy) is 1. The molecule has 150 valence electrons. The molecule has 2 atom stereocenters. The minimum atomic E-state index is -0.742. The van der Waals surface area contributed by atoms with Gasteiger partial charge in [0.2, 0.25) is 0 Å². The van der Waals surface area contributed by atoms with Crippen LogP contribution in [0.2, 0.25) is 0 Å². The number of amides is 1. The smallest absolute Gasteiger partial charge is 0.275 e. The Morgan fingerprint density at radius 2 is 2.07 bits per heavy atom. The molecule has 1 aliphatic rings. The van der Waals surface area contributed by atoms with Gasteiger partial charge in [-0.15, -0.1) is 11.3 Å². The third kappa shape index (κ3) is 4.16. The van der Waals surface area contributed by atoms with E-state index in [1.807, 2.05) is 0 Å². The summed E-state index contributed by atoms with van der Waals surface area (Å²) in [7, 11) is 0. The van der Waals surface area contributed by atoms with Gasteiger partial charge in [-0.2, -0.15) is 0 Å². The molecule has 0 saturated carbocycles. The molecule has 9 heteroatoms. The lowest BCUT2D eigenvalue weighted by Crippen LogP contribution is -2.24. The number of halogens is 2. The second-order valence-electron chi connectivity index (χ2n) is 6.59. The molecular formula is C20H17F2N3O3S. The van der Waals surface area contributed by atoms with E-state index in [1.54, 1.807) is 12.3 Å². The fourth-order valence-electron chi connectivity index (χ4n) is 3.17. The molecule has 1 aromatic carbocycles. The van der Waals surface area contributed by atoms with Gasteiger partial charge in [0.25, 0.3) is 5.91 Å². The summed E-state index contributed by atoms with van der Waals surface area (Å²) in [6.45, 7) is 0.422. The maximum atomic E-state index is 14.0. The monoisotopic (exact) mass is 417 g/mol. The highest BCUT2D eigenvalue weighted by atomic mass is 32.1. The van der Waals surface area contributed by atoms with E-state index in [1.165, 1.54) is 17.6 Å². The summed E-state index contributed by atoms with van der Waals surface area (Å²) in [5.41, 5.74) is 0.904. The van der Waals surface area contributed by atoms with Crippen molar-refractivity contribution in [3.63, 3.8) is 0 Å². The number of pyridine rings is 1. The van der Waals surface area contributed by atoms with Gasteiger partial charge in [0.05, 0.1) is 29.7 Å². The average molecular weight is 417 g/mol. The third-order valence-corrected chi connectivity index (χ3v) is 5.48. The van der Waals surface area contributed by atoms with Crippen molar-refractivity contribution >= 4 is 22.9 Å². The lowest BCUT2D eigenvalue weighted by Gasteiger charge is -2.28. The van der Waals surface area contributed by atoms with Crippen LogP contribution in [-0.4, -0.2) is 33.7 Å². The van der Waals surface area contributed by atoms with E-state index in [2.05, 4.69) is 15.3 Å². The summed E-state index contributed by atoms with van der Waals surface area (Å²) in [5.74, 6) is -2.02. The number of rotatable bonds is 4. The molecule has 29 heavy (non-hydrogen) atoms. The molecule has 4 rings (SSSR count). The van der Waals surface area contributed by atoms with Crippen LogP contribution in [-0.2, 0) is 4.74 Å². The molecule has 2 aromatic heterocycles. The van der Waals surface area contributed by atoms with E-state index in [0.29, 0.717) is 30.7 Å². The Kier molecular flexibility index (Phi) is 5.61. The molecule has 1 amide bonds. The molecule has 1 fully saturated rings. The molecule has 6 nitrogen and oxygen atoms in total. The molecule has 3 aromatic rings. The number of thiazole rings is 1. The summed E-state index contributed by atoms with van der Waals surface area (Å²) < 4.78 is 33.6. The van der Waals surface area contributed by atoms with Crippen molar-refractivity contribution in [2.24, 2.45) is 0 Å². The lowest BCUT2D eigenvalue weighted by molar-refractivity contribution is -0.0444. The number of anilines is 1. The van der Waals surface area contributed by atoms with E-state index in [-0.39, 0.29) is 22.4 Å². The van der Waals surface area contributed by atoms with Crippen molar-refractivity contribution in [2.75, 3.05) is 11.9 Å². The Labute approximate surface area is 169 Å². The van der Waals surface area contributed by atoms with Crippen molar-refractivity contribution < 1.29 is 23.4 Å². The fourth-order valence-corrected chi connectivity index (χ4v) is 4.01.